The van der Waals surface area contributed by atoms with E-state index in [2.05, 4.69) is 0 Å². The molecule has 1 aliphatic heterocycles. The molecule has 4 rings (SSSR count). The molecule has 0 aromatic heterocycles. The van der Waals surface area contributed by atoms with Crippen molar-refractivity contribution in [1.29, 1.82) is 0 Å². The Labute approximate surface area is 123 Å². The summed E-state index contributed by atoms with van der Waals surface area (Å²) in [6.07, 6.45) is 5.54. The van der Waals surface area contributed by atoms with Crippen LogP contribution in [-0.4, -0.2) is 23.5 Å². The number of carbonyl (C=O) groups excluding carboxylic acids is 1. The van der Waals surface area contributed by atoms with Gasteiger partial charge in [0, 0.05) is 18.2 Å². The van der Waals surface area contributed by atoms with Gasteiger partial charge in [-0.2, -0.15) is 0 Å². The molecule has 2 atom stereocenters. The van der Waals surface area contributed by atoms with Crippen molar-refractivity contribution >= 4 is 17.6 Å². The molecule has 3 aliphatic rings. The van der Waals surface area contributed by atoms with Gasteiger partial charge in [-0.15, -0.1) is 0 Å². The van der Waals surface area contributed by atoms with E-state index < -0.39 is 5.97 Å². The van der Waals surface area contributed by atoms with E-state index in [1.165, 1.54) is 19.3 Å². The molecule has 1 heterocycles. The molecule has 110 valence electrons. The third-order valence-corrected chi connectivity index (χ3v) is 5.41. The average Bonchev–Trinajstić information content (AvgIpc) is 2.97. The zero-order chi connectivity index (χ0) is 14.6. The number of rotatable bonds is 2. The Balaban J connectivity index is 1.64. The van der Waals surface area contributed by atoms with Crippen LogP contribution in [0.25, 0.3) is 0 Å². The van der Waals surface area contributed by atoms with Gasteiger partial charge in [-0.25, -0.2) is 4.79 Å². The van der Waals surface area contributed by atoms with Crippen LogP contribution in [0.15, 0.2) is 18.2 Å². The summed E-state index contributed by atoms with van der Waals surface area (Å²) in [6.45, 7) is 0.727. The van der Waals surface area contributed by atoms with E-state index in [4.69, 9.17) is 5.11 Å². The van der Waals surface area contributed by atoms with E-state index in [-0.39, 0.29) is 17.4 Å². The summed E-state index contributed by atoms with van der Waals surface area (Å²) in [5, 5.41) is 9.16. The first kappa shape index (κ1) is 12.9. The number of aryl methyl sites for hydroxylation is 1. The van der Waals surface area contributed by atoms with E-state index in [9.17, 15) is 9.59 Å². The molecule has 2 aliphatic carbocycles. The molecule has 4 nitrogen and oxygen atoms in total. The summed E-state index contributed by atoms with van der Waals surface area (Å²) in [7, 11) is 0. The number of hydrogen-bond acceptors (Lipinski definition) is 2. The van der Waals surface area contributed by atoms with Crippen molar-refractivity contribution < 1.29 is 14.7 Å². The van der Waals surface area contributed by atoms with Crippen LogP contribution in [-0.2, 0) is 11.2 Å². The largest absolute Gasteiger partial charge is 0.478 e. The highest BCUT2D eigenvalue weighted by atomic mass is 16.4. The second-order valence-corrected chi connectivity index (χ2v) is 6.53. The highest BCUT2D eigenvalue weighted by molar-refractivity contribution is 5.99. The molecule has 0 bridgehead atoms. The van der Waals surface area contributed by atoms with Crippen LogP contribution in [0.2, 0.25) is 0 Å². The average molecular weight is 285 g/mol. The Morgan fingerprint density at radius 2 is 1.90 bits per heavy atom. The minimum Gasteiger partial charge on any atom is -0.478 e. The molecule has 21 heavy (non-hydrogen) atoms. The van der Waals surface area contributed by atoms with E-state index in [0.717, 1.165) is 30.6 Å². The smallest absolute Gasteiger partial charge is 0.335 e. The maximum atomic E-state index is 12.8. The normalized spacial score (nSPS) is 29.7. The molecule has 1 aromatic rings. The monoisotopic (exact) mass is 285 g/mol. The standard InChI is InChI=1S/C17H19NO3/c19-16(15-12-4-1-5-13(12)15)18-8-2-3-10-6-7-11(17(20)21)9-14(10)18/h6-7,9,12-13,15H,1-5,8H2,(H,20,21). The van der Waals surface area contributed by atoms with E-state index >= 15 is 0 Å². The predicted octanol–water partition coefficient (Wildman–Crippen LogP) is 2.71. The van der Waals surface area contributed by atoms with E-state index in [0.29, 0.717) is 11.8 Å². The highest BCUT2D eigenvalue weighted by Crippen LogP contribution is 2.58. The molecular weight excluding hydrogens is 266 g/mol. The van der Waals surface area contributed by atoms with Gasteiger partial charge in [0.2, 0.25) is 5.91 Å². The summed E-state index contributed by atoms with van der Waals surface area (Å²) in [5.74, 6) is 0.710. The third-order valence-electron chi connectivity index (χ3n) is 5.41. The number of hydrogen-bond donors (Lipinski definition) is 1. The van der Waals surface area contributed by atoms with E-state index in [1.807, 2.05) is 11.0 Å². The molecule has 0 spiro atoms. The van der Waals surface area contributed by atoms with Gasteiger partial charge in [-0.05, 0) is 55.2 Å². The van der Waals surface area contributed by atoms with Crippen molar-refractivity contribution in [2.24, 2.45) is 17.8 Å². The Morgan fingerprint density at radius 1 is 1.14 bits per heavy atom. The van der Waals surface area contributed by atoms with Crippen molar-refractivity contribution in [2.75, 3.05) is 11.4 Å². The second kappa shape index (κ2) is 4.58. The van der Waals surface area contributed by atoms with Crippen LogP contribution in [0.1, 0.15) is 41.6 Å². The minimum absolute atomic E-state index is 0.207. The maximum Gasteiger partial charge on any atom is 0.335 e. The fourth-order valence-corrected chi connectivity index (χ4v) is 4.30. The van der Waals surface area contributed by atoms with Gasteiger partial charge in [0.15, 0.2) is 0 Å². The van der Waals surface area contributed by atoms with Crippen LogP contribution in [0.4, 0.5) is 5.69 Å². The lowest BCUT2D eigenvalue weighted by molar-refractivity contribution is -0.120. The van der Waals surface area contributed by atoms with Crippen molar-refractivity contribution in [3.8, 4) is 0 Å². The number of nitrogens with zero attached hydrogens (tertiary/aromatic N) is 1. The van der Waals surface area contributed by atoms with Crippen LogP contribution in [0.5, 0.6) is 0 Å². The number of fused-ring (bicyclic) bond motifs is 2. The van der Waals surface area contributed by atoms with Gasteiger partial charge >= 0.3 is 5.97 Å². The third kappa shape index (κ3) is 1.96. The van der Waals surface area contributed by atoms with Gasteiger partial charge in [0.1, 0.15) is 0 Å². The van der Waals surface area contributed by atoms with Crippen LogP contribution in [0, 0.1) is 17.8 Å². The van der Waals surface area contributed by atoms with Crippen LogP contribution < -0.4 is 4.90 Å². The zero-order valence-corrected chi connectivity index (χ0v) is 11.9. The van der Waals surface area contributed by atoms with Crippen molar-refractivity contribution in [3.63, 3.8) is 0 Å². The second-order valence-electron chi connectivity index (χ2n) is 6.53. The summed E-state index contributed by atoms with van der Waals surface area (Å²) >= 11 is 0. The van der Waals surface area contributed by atoms with Crippen molar-refractivity contribution in [3.05, 3.63) is 29.3 Å². The lowest BCUT2D eigenvalue weighted by Gasteiger charge is -2.30. The van der Waals surface area contributed by atoms with Crippen molar-refractivity contribution in [1.82, 2.24) is 0 Å². The molecule has 4 heteroatoms. The number of carboxylic acid groups (broad SMARTS) is 1. The molecule has 1 amide bonds. The highest BCUT2D eigenvalue weighted by Gasteiger charge is 2.57. The molecule has 1 N–H and O–H groups in total. The Hall–Kier alpha value is -1.84. The first-order valence-electron chi connectivity index (χ1n) is 7.84. The van der Waals surface area contributed by atoms with Crippen LogP contribution >= 0.6 is 0 Å². The Morgan fingerprint density at radius 3 is 2.62 bits per heavy atom. The Bertz CT molecular complexity index is 614. The van der Waals surface area contributed by atoms with Gasteiger partial charge in [-0.1, -0.05) is 12.5 Å². The quantitative estimate of drug-likeness (QED) is 0.909. The van der Waals surface area contributed by atoms with Gasteiger partial charge < -0.3 is 10.0 Å². The predicted molar refractivity (Wildman–Crippen MR) is 78.4 cm³/mol. The van der Waals surface area contributed by atoms with Crippen LogP contribution in [0.3, 0.4) is 0 Å². The molecular formula is C17H19NO3. The lowest BCUT2D eigenvalue weighted by atomic mass is 9.98. The molecule has 1 aromatic carbocycles. The molecule has 2 saturated carbocycles. The fraction of sp³-hybridized carbons (Fsp3) is 0.529. The number of carbonyl (C=O) groups is 2. The minimum atomic E-state index is -0.931. The first-order chi connectivity index (χ1) is 10.2. The van der Waals surface area contributed by atoms with Crippen molar-refractivity contribution in [2.45, 2.75) is 32.1 Å². The molecule has 0 radical (unpaired) electrons. The summed E-state index contributed by atoms with van der Waals surface area (Å²) < 4.78 is 0. The lowest BCUT2D eigenvalue weighted by Crippen LogP contribution is -2.37. The number of anilines is 1. The molecule has 0 saturated heterocycles. The number of benzene rings is 1. The number of aromatic carboxylic acids is 1. The topological polar surface area (TPSA) is 57.6 Å². The number of carboxylic acids is 1. The first-order valence-corrected chi connectivity index (χ1v) is 7.84. The van der Waals surface area contributed by atoms with E-state index in [1.54, 1.807) is 12.1 Å². The van der Waals surface area contributed by atoms with Gasteiger partial charge in [-0.3, -0.25) is 4.79 Å². The summed E-state index contributed by atoms with van der Waals surface area (Å²) in [6, 6.07) is 5.18. The van der Waals surface area contributed by atoms with Gasteiger partial charge in [0.05, 0.1) is 5.56 Å². The zero-order valence-electron chi connectivity index (χ0n) is 11.9. The number of amides is 1. The van der Waals surface area contributed by atoms with Gasteiger partial charge in [0.25, 0.3) is 0 Å². The fourth-order valence-electron chi connectivity index (χ4n) is 4.30. The summed E-state index contributed by atoms with van der Waals surface area (Å²) in [5.41, 5.74) is 2.20. The summed E-state index contributed by atoms with van der Waals surface area (Å²) in [4.78, 5) is 25.8. The maximum absolute atomic E-state index is 12.8. The molecule has 2 unspecified atom stereocenters. The Kier molecular flexibility index (Phi) is 2.81. The SMILES string of the molecule is O=C(O)c1ccc2c(c1)N(C(=O)C1C3CCCC31)CCC2. The molecule has 2 fully saturated rings.